The highest BCUT2D eigenvalue weighted by Gasteiger charge is 2.19. The summed E-state index contributed by atoms with van der Waals surface area (Å²) >= 11 is 0. The normalized spacial score (nSPS) is 17.4. The standard InChI is InChI=1S/C14H23N3/c1-2-3-12-6-8-17(9-7-12)14-5-4-13(10-15)11-16-14/h4-5,11-12H,2-3,6-10,15H2,1H3. The molecule has 3 nitrogen and oxygen atoms in total. The van der Waals surface area contributed by atoms with E-state index in [-0.39, 0.29) is 0 Å². The third-order valence-corrected chi connectivity index (χ3v) is 3.68. The van der Waals surface area contributed by atoms with Gasteiger partial charge in [-0.25, -0.2) is 4.98 Å². The van der Waals surface area contributed by atoms with Crippen molar-refractivity contribution in [2.75, 3.05) is 18.0 Å². The molecule has 0 radical (unpaired) electrons. The molecular weight excluding hydrogens is 210 g/mol. The molecule has 2 N–H and O–H groups in total. The molecule has 17 heavy (non-hydrogen) atoms. The van der Waals surface area contributed by atoms with Crippen LogP contribution in [0.2, 0.25) is 0 Å². The Bertz CT molecular complexity index is 326. The minimum atomic E-state index is 0.575. The maximum Gasteiger partial charge on any atom is 0.128 e. The van der Waals surface area contributed by atoms with Crippen LogP contribution in [0.1, 0.15) is 38.2 Å². The summed E-state index contributed by atoms with van der Waals surface area (Å²) in [6.07, 6.45) is 7.22. The molecule has 1 aliphatic rings. The molecule has 0 aliphatic carbocycles. The molecular formula is C14H23N3. The molecule has 1 aliphatic heterocycles. The highest BCUT2D eigenvalue weighted by molar-refractivity contribution is 5.39. The van der Waals surface area contributed by atoms with Crippen molar-refractivity contribution in [1.82, 2.24) is 4.98 Å². The van der Waals surface area contributed by atoms with E-state index in [2.05, 4.69) is 28.9 Å². The van der Waals surface area contributed by atoms with Gasteiger partial charge in [-0.05, 0) is 30.4 Å². The molecule has 0 saturated carbocycles. The van der Waals surface area contributed by atoms with Gasteiger partial charge in [0.2, 0.25) is 0 Å². The Hall–Kier alpha value is -1.09. The predicted molar refractivity (Wildman–Crippen MR) is 72.0 cm³/mol. The molecule has 1 aromatic rings. The van der Waals surface area contributed by atoms with Crippen molar-refractivity contribution in [3.8, 4) is 0 Å². The van der Waals surface area contributed by atoms with Gasteiger partial charge >= 0.3 is 0 Å². The van der Waals surface area contributed by atoms with E-state index in [1.165, 1.54) is 25.7 Å². The van der Waals surface area contributed by atoms with Crippen LogP contribution in [0, 0.1) is 5.92 Å². The minimum Gasteiger partial charge on any atom is -0.357 e. The topological polar surface area (TPSA) is 42.1 Å². The van der Waals surface area contributed by atoms with E-state index in [1.54, 1.807) is 0 Å². The largest absolute Gasteiger partial charge is 0.357 e. The molecule has 0 bridgehead atoms. The lowest BCUT2D eigenvalue weighted by molar-refractivity contribution is 0.377. The van der Waals surface area contributed by atoms with Gasteiger partial charge in [-0.1, -0.05) is 25.8 Å². The minimum absolute atomic E-state index is 0.575. The van der Waals surface area contributed by atoms with Gasteiger partial charge < -0.3 is 10.6 Å². The van der Waals surface area contributed by atoms with Crippen LogP contribution in [-0.2, 0) is 6.54 Å². The Morgan fingerprint density at radius 2 is 2.12 bits per heavy atom. The van der Waals surface area contributed by atoms with Crippen LogP contribution >= 0.6 is 0 Å². The van der Waals surface area contributed by atoms with E-state index in [0.29, 0.717) is 6.54 Å². The van der Waals surface area contributed by atoms with Crippen LogP contribution in [0.5, 0.6) is 0 Å². The number of nitrogens with zero attached hydrogens (tertiary/aromatic N) is 2. The quantitative estimate of drug-likeness (QED) is 0.869. The van der Waals surface area contributed by atoms with Gasteiger partial charge in [0.1, 0.15) is 5.82 Å². The zero-order valence-corrected chi connectivity index (χ0v) is 10.7. The lowest BCUT2D eigenvalue weighted by Crippen LogP contribution is -2.34. The predicted octanol–water partition coefficient (Wildman–Crippen LogP) is 2.56. The van der Waals surface area contributed by atoms with E-state index in [1.807, 2.05) is 6.20 Å². The molecule has 3 heteroatoms. The van der Waals surface area contributed by atoms with Gasteiger partial charge in [0.25, 0.3) is 0 Å². The summed E-state index contributed by atoms with van der Waals surface area (Å²) in [5.74, 6) is 2.04. The molecule has 2 heterocycles. The number of hydrogen-bond donors (Lipinski definition) is 1. The number of nitrogens with two attached hydrogens (primary N) is 1. The van der Waals surface area contributed by atoms with Crippen molar-refractivity contribution in [3.63, 3.8) is 0 Å². The molecule has 0 aromatic carbocycles. The lowest BCUT2D eigenvalue weighted by atomic mass is 9.92. The van der Waals surface area contributed by atoms with E-state index < -0.39 is 0 Å². The monoisotopic (exact) mass is 233 g/mol. The summed E-state index contributed by atoms with van der Waals surface area (Å²) < 4.78 is 0. The van der Waals surface area contributed by atoms with Crippen LogP contribution in [0.15, 0.2) is 18.3 Å². The Balaban J connectivity index is 1.91. The second-order valence-corrected chi connectivity index (χ2v) is 4.95. The van der Waals surface area contributed by atoms with Gasteiger partial charge in [0, 0.05) is 25.8 Å². The van der Waals surface area contributed by atoms with Gasteiger partial charge in [-0.3, -0.25) is 0 Å². The lowest BCUT2D eigenvalue weighted by Gasteiger charge is -2.32. The van der Waals surface area contributed by atoms with Crippen molar-refractivity contribution in [2.45, 2.75) is 39.2 Å². The first kappa shape index (κ1) is 12.4. The Labute approximate surface area is 104 Å². The molecule has 1 saturated heterocycles. The molecule has 2 rings (SSSR count). The second-order valence-electron chi connectivity index (χ2n) is 4.95. The summed E-state index contributed by atoms with van der Waals surface area (Å²) in [6, 6.07) is 4.18. The number of aromatic nitrogens is 1. The highest BCUT2D eigenvalue weighted by Crippen LogP contribution is 2.24. The summed E-state index contributed by atoms with van der Waals surface area (Å²) in [6.45, 7) is 5.16. The fourth-order valence-electron chi connectivity index (χ4n) is 2.58. The van der Waals surface area contributed by atoms with Gasteiger partial charge in [0.05, 0.1) is 0 Å². The zero-order chi connectivity index (χ0) is 12.1. The van der Waals surface area contributed by atoms with Crippen LogP contribution in [0.3, 0.4) is 0 Å². The molecule has 1 aromatic heterocycles. The highest BCUT2D eigenvalue weighted by atomic mass is 15.2. The van der Waals surface area contributed by atoms with E-state index in [4.69, 9.17) is 5.73 Å². The third-order valence-electron chi connectivity index (χ3n) is 3.68. The van der Waals surface area contributed by atoms with Crippen molar-refractivity contribution in [1.29, 1.82) is 0 Å². The molecule has 0 spiro atoms. The average Bonchev–Trinajstić information content (AvgIpc) is 2.40. The summed E-state index contributed by atoms with van der Waals surface area (Å²) in [4.78, 5) is 6.89. The number of anilines is 1. The molecule has 0 amide bonds. The number of hydrogen-bond acceptors (Lipinski definition) is 3. The van der Waals surface area contributed by atoms with Crippen molar-refractivity contribution in [2.24, 2.45) is 11.7 Å². The first-order valence-electron chi connectivity index (χ1n) is 6.73. The maximum absolute atomic E-state index is 5.58. The van der Waals surface area contributed by atoms with Crippen LogP contribution in [0.25, 0.3) is 0 Å². The van der Waals surface area contributed by atoms with Crippen molar-refractivity contribution < 1.29 is 0 Å². The SMILES string of the molecule is CCCC1CCN(c2ccc(CN)cn2)CC1. The smallest absolute Gasteiger partial charge is 0.128 e. The Kier molecular flexibility index (Phi) is 4.37. The van der Waals surface area contributed by atoms with Crippen LogP contribution < -0.4 is 10.6 Å². The molecule has 0 atom stereocenters. The van der Waals surface area contributed by atoms with Crippen LogP contribution in [-0.4, -0.2) is 18.1 Å². The molecule has 1 fully saturated rings. The summed E-state index contributed by atoms with van der Waals surface area (Å²) in [5.41, 5.74) is 6.68. The maximum atomic E-state index is 5.58. The fourth-order valence-corrected chi connectivity index (χ4v) is 2.58. The first-order valence-corrected chi connectivity index (χ1v) is 6.73. The molecule has 0 unspecified atom stereocenters. The number of rotatable bonds is 4. The Morgan fingerprint density at radius 1 is 1.35 bits per heavy atom. The zero-order valence-electron chi connectivity index (χ0n) is 10.7. The molecule has 94 valence electrons. The van der Waals surface area contributed by atoms with Gasteiger partial charge in [-0.15, -0.1) is 0 Å². The van der Waals surface area contributed by atoms with Gasteiger partial charge in [0.15, 0.2) is 0 Å². The number of piperidine rings is 1. The van der Waals surface area contributed by atoms with E-state index >= 15 is 0 Å². The first-order chi connectivity index (χ1) is 8.33. The van der Waals surface area contributed by atoms with E-state index in [0.717, 1.165) is 30.4 Å². The number of pyridine rings is 1. The average molecular weight is 233 g/mol. The third kappa shape index (κ3) is 3.19. The fraction of sp³-hybridized carbons (Fsp3) is 0.643. The summed E-state index contributed by atoms with van der Waals surface area (Å²) in [7, 11) is 0. The van der Waals surface area contributed by atoms with Crippen LogP contribution in [0.4, 0.5) is 5.82 Å². The van der Waals surface area contributed by atoms with Crippen molar-refractivity contribution in [3.05, 3.63) is 23.9 Å². The van der Waals surface area contributed by atoms with E-state index in [9.17, 15) is 0 Å². The Morgan fingerprint density at radius 3 is 2.65 bits per heavy atom. The van der Waals surface area contributed by atoms with Gasteiger partial charge in [-0.2, -0.15) is 0 Å². The second kappa shape index (κ2) is 6.01. The summed E-state index contributed by atoms with van der Waals surface area (Å²) in [5, 5.41) is 0. The van der Waals surface area contributed by atoms with Crippen molar-refractivity contribution >= 4 is 5.82 Å².